The molecule has 0 aliphatic heterocycles. The van der Waals surface area contributed by atoms with Crippen molar-refractivity contribution in [3.8, 4) is 0 Å². The number of nitrogens with one attached hydrogen (secondary N) is 2. The Morgan fingerprint density at radius 3 is 2.54 bits per heavy atom. The molecule has 78 valence electrons. The van der Waals surface area contributed by atoms with E-state index in [9.17, 15) is 0 Å². The lowest BCUT2D eigenvalue weighted by Gasteiger charge is -2.25. The maximum atomic E-state index is 3.52. The second kappa shape index (κ2) is 6.39. The van der Waals surface area contributed by atoms with Gasteiger partial charge in [-0.05, 0) is 44.8 Å². The molecule has 0 aromatic carbocycles. The van der Waals surface area contributed by atoms with Gasteiger partial charge in [0.1, 0.15) is 0 Å². The molecule has 1 rings (SSSR count). The highest BCUT2D eigenvalue weighted by atomic mass is 14.9. The third kappa shape index (κ3) is 5.27. The molecule has 0 aromatic rings. The van der Waals surface area contributed by atoms with E-state index in [0.717, 1.165) is 12.5 Å². The Hall–Kier alpha value is -0.0800. The molecule has 0 radical (unpaired) electrons. The summed E-state index contributed by atoms with van der Waals surface area (Å²) in [7, 11) is 0. The van der Waals surface area contributed by atoms with Crippen molar-refractivity contribution in [3.05, 3.63) is 0 Å². The van der Waals surface area contributed by atoms with Gasteiger partial charge in [-0.25, -0.2) is 0 Å². The molecule has 0 bridgehead atoms. The van der Waals surface area contributed by atoms with Crippen LogP contribution in [-0.2, 0) is 0 Å². The third-order valence-corrected chi connectivity index (χ3v) is 2.74. The van der Waals surface area contributed by atoms with Crippen molar-refractivity contribution < 1.29 is 0 Å². The molecule has 0 heterocycles. The summed E-state index contributed by atoms with van der Waals surface area (Å²) in [4.78, 5) is 0. The van der Waals surface area contributed by atoms with Gasteiger partial charge in [0.15, 0.2) is 0 Å². The minimum absolute atomic E-state index is 0.631. The Kier molecular flexibility index (Phi) is 5.40. The van der Waals surface area contributed by atoms with Gasteiger partial charge in [0.2, 0.25) is 0 Å². The summed E-state index contributed by atoms with van der Waals surface area (Å²) in [6.07, 6.45) is 5.63. The fourth-order valence-corrected chi connectivity index (χ4v) is 1.61. The largest absolute Gasteiger partial charge is 0.316 e. The van der Waals surface area contributed by atoms with Crippen LogP contribution in [0.25, 0.3) is 0 Å². The van der Waals surface area contributed by atoms with E-state index in [1.165, 1.54) is 38.8 Å². The molecular weight excluding hydrogens is 160 g/mol. The predicted octanol–water partition coefficient (Wildman–Crippen LogP) is 1.76. The molecule has 0 unspecified atom stereocenters. The van der Waals surface area contributed by atoms with Gasteiger partial charge in [-0.1, -0.05) is 20.3 Å². The average molecular weight is 184 g/mol. The molecule has 0 saturated heterocycles. The Balaban J connectivity index is 1.73. The first-order chi connectivity index (χ1) is 6.29. The van der Waals surface area contributed by atoms with Crippen LogP contribution in [0.3, 0.4) is 0 Å². The van der Waals surface area contributed by atoms with Gasteiger partial charge < -0.3 is 10.6 Å². The lowest BCUT2D eigenvalue weighted by Crippen LogP contribution is -2.30. The molecule has 0 spiro atoms. The Bertz CT molecular complexity index is 119. The van der Waals surface area contributed by atoms with Crippen molar-refractivity contribution in [1.29, 1.82) is 0 Å². The van der Waals surface area contributed by atoms with E-state index in [-0.39, 0.29) is 0 Å². The maximum Gasteiger partial charge on any atom is 0.00103 e. The minimum atomic E-state index is 0.631. The van der Waals surface area contributed by atoms with Crippen LogP contribution in [-0.4, -0.2) is 25.7 Å². The summed E-state index contributed by atoms with van der Waals surface area (Å²) in [5.41, 5.74) is 0. The first kappa shape index (κ1) is 11.0. The molecule has 0 aromatic heterocycles. The van der Waals surface area contributed by atoms with Gasteiger partial charge in [-0.3, -0.25) is 0 Å². The molecule has 1 aliphatic carbocycles. The van der Waals surface area contributed by atoms with E-state index in [0.29, 0.717) is 6.04 Å². The van der Waals surface area contributed by atoms with Crippen LogP contribution in [0.2, 0.25) is 0 Å². The van der Waals surface area contributed by atoms with Crippen LogP contribution >= 0.6 is 0 Å². The van der Waals surface area contributed by atoms with Crippen LogP contribution < -0.4 is 10.6 Å². The van der Waals surface area contributed by atoms with Crippen LogP contribution in [0, 0.1) is 5.92 Å². The second-order valence-electron chi connectivity index (χ2n) is 4.46. The van der Waals surface area contributed by atoms with E-state index in [2.05, 4.69) is 24.5 Å². The SMILES string of the molecule is CC(C)NCCCNCC1CCC1. The monoisotopic (exact) mass is 184 g/mol. The molecule has 13 heavy (non-hydrogen) atoms. The second-order valence-corrected chi connectivity index (χ2v) is 4.46. The van der Waals surface area contributed by atoms with Crippen molar-refractivity contribution in [2.24, 2.45) is 5.92 Å². The van der Waals surface area contributed by atoms with Crippen molar-refractivity contribution in [3.63, 3.8) is 0 Å². The van der Waals surface area contributed by atoms with Crippen LogP contribution in [0.4, 0.5) is 0 Å². The van der Waals surface area contributed by atoms with Gasteiger partial charge in [-0.15, -0.1) is 0 Å². The van der Waals surface area contributed by atoms with Gasteiger partial charge in [0, 0.05) is 6.04 Å². The number of hydrogen-bond acceptors (Lipinski definition) is 2. The van der Waals surface area contributed by atoms with Gasteiger partial charge in [0.05, 0.1) is 0 Å². The Labute approximate surface area is 82.5 Å². The van der Waals surface area contributed by atoms with E-state index < -0.39 is 0 Å². The fraction of sp³-hybridized carbons (Fsp3) is 1.00. The fourth-order valence-electron chi connectivity index (χ4n) is 1.61. The summed E-state index contributed by atoms with van der Waals surface area (Å²) < 4.78 is 0. The van der Waals surface area contributed by atoms with Crippen molar-refractivity contribution >= 4 is 0 Å². The molecular formula is C11H24N2. The summed E-state index contributed by atoms with van der Waals surface area (Å²) in [5, 5.41) is 6.94. The number of hydrogen-bond donors (Lipinski definition) is 2. The Morgan fingerprint density at radius 1 is 1.23 bits per heavy atom. The first-order valence-corrected chi connectivity index (χ1v) is 5.73. The van der Waals surface area contributed by atoms with Crippen LogP contribution in [0.5, 0.6) is 0 Å². The van der Waals surface area contributed by atoms with E-state index in [4.69, 9.17) is 0 Å². The van der Waals surface area contributed by atoms with Crippen molar-refractivity contribution in [2.45, 2.75) is 45.6 Å². The summed E-state index contributed by atoms with van der Waals surface area (Å²) in [6.45, 7) is 7.97. The zero-order chi connectivity index (χ0) is 9.52. The first-order valence-electron chi connectivity index (χ1n) is 5.73. The molecule has 1 fully saturated rings. The van der Waals surface area contributed by atoms with Gasteiger partial charge in [-0.2, -0.15) is 0 Å². The summed E-state index contributed by atoms with van der Waals surface area (Å²) in [5.74, 6) is 0.998. The highest BCUT2D eigenvalue weighted by Gasteiger charge is 2.15. The van der Waals surface area contributed by atoms with Crippen molar-refractivity contribution in [2.75, 3.05) is 19.6 Å². The maximum absolute atomic E-state index is 3.52. The standard InChI is InChI=1S/C11H24N2/c1-10(2)13-8-4-7-12-9-11-5-3-6-11/h10-13H,3-9H2,1-2H3. The summed E-state index contributed by atoms with van der Waals surface area (Å²) >= 11 is 0. The molecule has 2 nitrogen and oxygen atoms in total. The minimum Gasteiger partial charge on any atom is -0.316 e. The molecule has 1 saturated carbocycles. The van der Waals surface area contributed by atoms with Crippen LogP contribution in [0.15, 0.2) is 0 Å². The topological polar surface area (TPSA) is 24.1 Å². The lowest BCUT2D eigenvalue weighted by atomic mass is 9.85. The third-order valence-electron chi connectivity index (χ3n) is 2.74. The molecule has 1 aliphatic rings. The molecule has 2 heteroatoms. The normalized spacial score (nSPS) is 17.8. The van der Waals surface area contributed by atoms with E-state index in [1.54, 1.807) is 0 Å². The lowest BCUT2D eigenvalue weighted by molar-refractivity contribution is 0.301. The zero-order valence-corrected chi connectivity index (χ0v) is 9.10. The average Bonchev–Trinajstić information content (AvgIpc) is 1.99. The quantitative estimate of drug-likeness (QED) is 0.589. The summed E-state index contributed by atoms with van der Waals surface area (Å²) in [6, 6.07) is 0.631. The highest BCUT2D eigenvalue weighted by molar-refractivity contribution is 4.71. The predicted molar refractivity (Wildman–Crippen MR) is 58.0 cm³/mol. The van der Waals surface area contributed by atoms with Gasteiger partial charge >= 0.3 is 0 Å². The van der Waals surface area contributed by atoms with E-state index >= 15 is 0 Å². The van der Waals surface area contributed by atoms with E-state index in [1.807, 2.05) is 0 Å². The zero-order valence-electron chi connectivity index (χ0n) is 9.10. The molecule has 0 atom stereocenters. The molecule has 2 N–H and O–H groups in total. The smallest absolute Gasteiger partial charge is 0.00103 e. The number of rotatable bonds is 7. The van der Waals surface area contributed by atoms with Crippen molar-refractivity contribution in [1.82, 2.24) is 10.6 Å². The highest BCUT2D eigenvalue weighted by Crippen LogP contribution is 2.24. The Morgan fingerprint density at radius 2 is 2.00 bits per heavy atom. The molecule has 0 amide bonds. The van der Waals surface area contributed by atoms with Gasteiger partial charge in [0.25, 0.3) is 0 Å². The van der Waals surface area contributed by atoms with Crippen LogP contribution in [0.1, 0.15) is 39.5 Å².